The van der Waals surface area contributed by atoms with Gasteiger partial charge < -0.3 is 24.0 Å². The largest absolute Gasteiger partial charge is 0.493 e. The van der Waals surface area contributed by atoms with Crippen LogP contribution in [0.4, 0.5) is 4.39 Å². The number of esters is 1. The van der Waals surface area contributed by atoms with Gasteiger partial charge in [-0.2, -0.15) is 12.6 Å². The number of benzene rings is 4. The molecule has 1 atom stereocenters. The van der Waals surface area contributed by atoms with E-state index in [2.05, 4.69) is 142 Å². The van der Waals surface area contributed by atoms with Gasteiger partial charge in [-0.3, -0.25) is 29.3 Å². The molecule has 560 valence electrons. The fraction of sp³-hybridized carbons (Fsp3) is 0.607. The molecule has 0 spiro atoms. The second kappa shape index (κ2) is 62.3. The van der Waals surface area contributed by atoms with Crippen molar-refractivity contribution in [2.24, 2.45) is 11.3 Å². The van der Waals surface area contributed by atoms with Gasteiger partial charge in [-0.05, 0) is 208 Å². The standard InChI is InChI=1S/C33H38ClFO.C14H14N2O3.C14H31N.C7H12O4.C4H10.C3H8.4C2H6.CH4S/c1-8-22(5)27(13-11-19-36-31-14-10-12-25-20-26(35)15-16-29(25)31)28-17-18-30(34)33(24(28)7)32(21(3)4)23(6)9-2;1-8-2-3-10-9(6-8)7-16(14(10)19)11-4-5-12(17)15-13(11)18;1-5-9-14(10-6-2)13-15(11-7-3)12-8-4;1-7(2,3)6(9)11-5-10-4-8;1-3-4-2;1-3-2;5*1-2/h10,12,14-18,20H,3,8-9,11,13,19H2,1-2,4-7H3;2-3,6,11H,4-5,7H2,1H3,(H,15,17,18);14H,5-13H2,1-4H3;4H,5H2,1-3H3;3-4H2,1-2H3;3H2,1-2H3;4*1-2H3;2H,1H3/b27-22-,32-23+;;;;;;;;;;. The number of piperidine rings is 1. The predicted octanol–water partition coefficient (Wildman–Crippen LogP) is 24.4. The molecule has 0 aromatic heterocycles. The zero-order valence-corrected chi connectivity index (χ0v) is 68.7. The molecule has 0 aliphatic carbocycles. The molecule has 1 N–H and O–H groups in total. The molecule has 0 saturated carbocycles. The lowest BCUT2D eigenvalue weighted by molar-refractivity contribution is -0.167. The van der Waals surface area contributed by atoms with E-state index < -0.39 is 11.5 Å². The first-order chi connectivity index (χ1) is 46.8. The molecule has 1 unspecified atom stereocenters. The van der Waals surface area contributed by atoms with E-state index in [0.717, 1.165) is 75.4 Å². The quantitative estimate of drug-likeness (QED) is 0.0127. The number of amides is 3. The van der Waals surface area contributed by atoms with Crippen LogP contribution < -0.4 is 10.1 Å². The Kier molecular flexibility index (Phi) is 64.1. The van der Waals surface area contributed by atoms with Gasteiger partial charge >= 0.3 is 5.97 Å². The van der Waals surface area contributed by atoms with Crippen molar-refractivity contribution in [1.29, 1.82) is 0 Å². The predicted molar refractivity (Wildman–Crippen MR) is 427 cm³/mol. The van der Waals surface area contributed by atoms with Gasteiger partial charge in [0.05, 0.1) is 12.0 Å². The van der Waals surface area contributed by atoms with Gasteiger partial charge in [-0.15, -0.1) is 0 Å². The van der Waals surface area contributed by atoms with E-state index >= 15 is 0 Å². The van der Waals surface area contributed by atoms with Crippen molar-refractivity contribution in [3.05, 3.63) is 134 Å². The summed E-state index contributed by atoms with van der Waals surface area (Å²) in [6, 6.07) is 19.9. The Morgan fingerprint density at radius 2 is 1.34 bits per heavy atom. The summed E-state index contributed by atoms with van der Waals surface area (Å²) in [5.74, 6) is 0.361. The zero-order valence-electron chi connectivity index (χ0n) is 67.0. The van der Waals surface area contributed by atoms with Gasteiger partial charge in [0, 0.05) is 41.0 Å². The monoisotopic (exact) mass is 1410 g/mol. The van der Waals surface area contributed by atoms with E-state index in [9.17, 15) is 28.4 Å². The smallest absolute Gasteiger partial charge is 0.314 e. The molecule has 98 heavy (non-hydrogen) atoms. The maximum Gasteiger partial charge on any atom is 0.314 e. The molecule has 14 heteroatoms. The number of imide groups is 1. The first kappa shape index (κ1) is 101. The summed E-state index contributed by atoms with van der Waals surface area (Å²) in [4.78, 5) is 60.0. The molecule has 0 radical (unpaired) electrons. The average molecular weight is 1410 g/mol. The van der Waals surface area contributed by atoms with Crippen molar-refractivity contribution in [2.45, 2.75) is 289 Å². The van der Waals surface area contributed by atoms with Crippen LogP contribution in [0.2, 0.25) is 5.02 Å². The summed E-state index contributed by atoms with van der Waals surface area (Å²) in [5, 5.41) is 4.85. The number of fused-ring (bicyclic) bond motifs is 2. The third-order valence-electron chi connectivity index (χ3n) is 15.2. The summed E-state index contributed by atoms with van der Waals surface area (Å²) in [6.45, 7) is 63.1. The first-order valence-electron chi connectivity index (χ1n) is 37.1. The highest BCUT2D eigenvalue weighted by atomic mass is 35.5. The lowest BCUT2D eigenvalue weighted by Gasteiger charge is -2.29. The highest BCUT2D eigenvalue weighted by molar-refractivity contribution is 7.79. The topological polar surface area (TPSA) is 132 Å². The Morgan fingerprint density at radius 1 is 0.776 bits per heavy atom. The number of rotatable bonds is 25. The first-order valence-corrected chi connectivity index (χ1v) is 38.4. The third-order valence-corrected chi connectivity index (χ3v) is 15.5. The summed E-state index contributed by atoms with van der Waals surface area (Å²) >= 11 is 10.3. The minimum absolute atomic E-state index is 0.121. The number of thiol groups is 1. The molecule has 2 aliphatic rings. The zero-order chi connectivity index (χ0) is 76.5. The van der Waals surface area contributed by atoms with Crippen LogP contribution in [0.1, 0.15) is 301 Å². The van der Waals surface area contributed by atoms with Gasteiger partial charge in [0.25, 0.3) is 12.4 Å². The van der Waals surface area contributed by atoms with Crippen LogP contribution in [0.15, 0.2) is 90.0 Å². The Hall–Kier alpha value is -5.76. The number of carbonyl (C=O) groups is 5. The number of hydrogen-bond acceptors (Lipinski definition) is 10. The van der Waals surface area contributed by atoms with Gasteiger partial charge in [0.2, 0.25) is 18.6 Å². The molecule has 1 saturated heterocycles. The van der Waals surface area contributed by atoms with E-state index in [-0.39, 0.29) is 49.2 Å². The van der Waals surface area contributed by atoms with Gasteiger partial charge in [0.15, 0.2) is 0 Å². The summed E-state index contributed by atoms with van der Waals surface area (Å²) in [5.41, 5.74) is 11.9. The normalized spacial score (nSPS) is 12.8. The number of unbranched alkanes of at least 4 members (excludes halogenated alkanes) is 1. The number of halogens is 2. The minimum Gasteiger partial charge on any atom is -0.493 e. The Morgan fingerprint density at radius 3 is 1.82 bits per heavy atom. The number of nitrogens with one attached hydrogen (secondary N) is 1. The molecule has 0 bridgehead atoms. The number of allylic oxidation sites excluding steroid dienone is 5. The SMILES string of the molecule is C=C(C)/C(=C(/C)CC)c1c(Cl)ccc(/C(CCCOc2cccc3cc(F)ccc23)=C(/C)CC)c1C.CC.CC.CC.CC.CC(C)(C)C(=O)OCOC=O.CCC.CCCC.CCCC(CCC)CN(CCC)CCC.CS.Cc1ccc2c(c1)CN(C1CCC(=O)NC1=O)C2=O. The second-order valence-electron chi connectivity index (χ2n) is 24.1. The van der Waals surface area contributed by atoms with Crippen LogP contribution in [-0.2, 0) is 35.2 Å². The van der Waals surface area contributed by atoms with Crippen LogP contribution in [-0.4, -0.2) is 85.3 Å². The van der Waals surface area contributed by atoms with Crippen molar-refractivity contribution in [3.8, 4) is 5.75 Å². The maximum atomic E-state index is 13.6. The molecular weight excluding hydrogens is 1270 g/mol. The molecule has 2 heterocycles. The van der Waals surface area contributed by atoms with Crippen LogP contribution in [0.5, 0.6) is 5.75 Å². The summed E-state index contributed by atoms with van der Waals surface area (Å²) in [6.07, 6.45) is 18.1. The number of nitrogens with zero attached hydrogens (tertiary/aromatic N) is 2. The number of hydrogen-bond donors (Lipinski definition) is 2. The van der Waals surface area contributed by atoms with Crippen molar-refractivity contribution >= 4 is 76.3 Å². The highest BCUT2D eigenvalue weighted by Crippen LogP contribution is 2.40. The molecule has 4 aromatic carbocycles. The van der Waals surface area contributed by atoms with Crippen molar-refractivity contribution in [1.82, 2.24) is 15.1 Å². The van der Waals surface area contributed by atoms with Crippen molar-refractivity contribution in [3.63, 3.8) is 0 Å². The van der Waals surface area contributed by atoms with E-state index in [0.29, 0.717) is 25.1 Å². The fourth-order valence-corrected chi connectivity index (χ4v) is 10.6. The molecule has 6 rings (SSSR count). The average Bonchev–Trinajstić information content (AvgIpc) is 1.31. The number of ether oxygens (including phenoxy) is 3. The van der Waals surface area contributed by atoms with E-state index in [1.807, 2.05) is 98.7 Å². The summed E-state index contributed by atoms with van der Waals surface area (Å²) < 4.78 is 28.5. The maximum absolute atomic E-state index is 13.6. The Labute approximate surface area is 610 Å². The van der Waals surface area contributed by atoms with Gasteiger partial charge in [-0.1, -0.05) is 228 Å². The second-order valence-corrected chi connectivity index (χ2v) is 24.6. The fourth-order valence-electron chi connectivity index (χ4n) is 10.3. The van der Waals surface area contributed by atoms with E-state index in [1.165, 1.54) is 117 Å². The van der Waals surface area contributed by atoms with E-state index in [1.54, 1.807) is 50.1 Å². The number of carbonyl (C=O) groups excluding carboxylic acids is 5. The third kappa shape index (κ3) is 39.3. The lowest BCUT2D eigenvalue weighted by Crippen LogP contribution is -2.52. The van der Waals surface area contributed by atoms with Crippen LogP contribution >= 0.6 is 24.2 Å². The van der Waals surface area contributed by atoms with Crippen LogP contribution in [0.3, 0.4) is 0 Å². The molecule has 1 fully saturated rings. The van der Waals surface area contributed by atoms with Crippen LogP contribution in [0, 0.1) is 31.0 Å². The van der Waals surface area contributed by atoms with Gasteiger partial charge in [-0.25, -0.2) is 4.39 Å². The molecule has 11 nitrogen and oxygen atoms in total. The minimum atomic E-state index is -0.549. The van der Waals surface area contributed by atoms with E-state index in [4.69, 9.17) is 16.3 Å². The molecule has 4 aromatic rings. The molecule has 2 aliphatic heterocycles. The Balaban J connectivity index is -0.000000393. The van der Waals surface area contributed by atoms with Gasteiger partial charge in [0.1, 0.15) is 17.6 Å². The number of aryl methyl sites for hydroxylation is 1. The molecular formula is C84H141ClFN3O8S. The lowest BCUT2D eigenvalue weighted by atomic mass is 9.85. The van der Waals surface area contributed by atoms with Crippen molar-refractivity contribution in [2.75, 3.05) is 39.3 Å². The van der Waals surface area contributed by atoms with Crippen LogP contribution in [0.25, 0.3) is 21.9 Å². The molecule has 3 amide bonds. The Bertz CT molecular complexity index is 2850. The highest BCUT2D eigenvalue weighted by Gasteiger charge is 2.39. The van der Waals surface area contributed by atoms with Crippen molar-refractivity contribution < 1.29 is 42.6 Å². The summed E-state index contributed by atoms with van der Waals surface area (Å²) in [7, 11) is 0.